The van der Waals surface area contributed by atoms with E-state index in [4.69, 9.17) is 5.73 Å². The van der Waals surface area contributed by atoms with E-state index in [1.165, 1.54) is 0 Å². The number of aromatic nitrogens is 2. The first-order chi connectivity index (χ1) is 8.69. The van der Waals surface area contributed by atoms with Gasteiger partial charge in [-0.25, -0.2) is 9.97 Å². The minimum atomic E-state index is 0.335. The van der Waals surface area contributed by atoms with Crippen LogP contribution in [0.2, 0.25) is 0 Å². The van der Waals surface area contributed by atoms with Crippen LogP contribution in [-0.2, 0) is 12.8 Å². The van der Waals surface area contributed by atoms with Crippen LogP contribution >= 0.6 is 11.3 Å². The maximum Gasteiger partial charge on any atom is 0.126 e. The molecule has 0 fully saturated rings. The summed E-state index contributed by atoms with van der Waals surface area (Å²) in [6.07, 6.45) is 3.51. The van der Waals surface area contributed by atoms with Gasteiger partial charge in [-0.2, -0.15) is 0 Å². The number of thiazole rings is 1. The van der Waals surface area contributed by atoms with Gasteiger partial charge < -0.3 is 11.1 Å². The van der Waals surface area contributed by atoms with Gasteiger partial charge in [0.2, 0.25) is 0 Å². The van der Waals surface area contributed by atoms with Crippen LogP contribution in [0, 0.1) is 6.92 Å². The lowest BCUT2D eigenvalue weighted by atomic mass is 10.0. The molecule has 2 aromatic rings. The van der Waals surface area contributed by atoms with Crippen molar-refractivity contribution in [2.24, 2.45) is 0 Å². The summed E-state index contributed by atoms with van der Waals surface area (Å²) in [5.74, 6) is 0.619. The van der Waals surface area contributed by atoms with Crippen molar-refractivity contribution >= 4 is 17.2 Å². The Labute approximate surface area is 111 Å². The molecule has 0 amide bonds. The zero-order chi connectivity index (χ0) is 13.0. The Morgan fingerprint density at radius 3 is 2.89 bits per heavy atom. The second-order valence-electron chi connectivity index (χ2n) is 4.32. The third kappa shape index (κ3) is 3.27. The van der Waals surface area contributed by atoms with Crippen molar-refractivity contribution in [3.8, 4) is 0 Å². The van der Waals surface area contributed by atoms with Crippen molar-refractivity contribution in [1.29, 1.82) is 0 Å². The molecule has 5 heteroatoms. The van der Waals surface area contributed by atoms with E-state index >= 15 is 0 Å². The molecule has 4 nitrogen and oxygen atoms in total. The minimum Gasteiger partial charge on any atom is -0.383 e. The number of hydrogen-bond donors (Lipinski definition) is 2. The lowest BCUT2D eigenvalue weighted by Gasteiger charge is -2.15. The van der Waals surface area contributed by atoms with E-state index in [2.05, 4.69) is 20.7 Å². The van der Waals surface area contributed by atoms with Gasteiger partial charge in [-0.15, -0.1) is 11.3 Å². The molecule has 96 valence electrons. The van der Waals surface area contributed by atoms with E-state index in [1.807, 2.05) is 26.1 Å². The molecule has 0 aromatic carbocycles. The molecule has 0 aliphatic carbocycles. The third-order valence-electron chi connectivity index (χ3n) is 2.89. The molecule has 3 N–H and O–H groups in total. The van der Waals surface area contributed by atoms with Crippen LogP contribution < -0.4 is 11.1 Å². The van der Waals surface area contributed by atoms with Crippen molar-refractivity contribution < 1.29 is 0 Å². The topological polar surface area (TPSA) is 63.8 Å². The molecule has 0 saturated heterocycles. The van der Waals surface area contributed by atoms with Gasteiger partial charge in [0.1, 0.15) is 5.82 Å². The molecule has 1 atom stereocenters. The van der Waals surface area contributed by atoms with Gasteiger partial charge >= 0.3 is 0 Å². The van der Waals surface area contributed by atoms with Crippen LogP contribution in [0.1, 0.15) is 16.3 Å². The molecule has 2 aromatic heterocycles. The normalized spacial score (nSPS) is 12.6. The molecule has 18 heavy (non-hydrogen) atoms. The number of likely N-dealkylation sites (N-methyl/N-ethyl adjacent to an activating group) is 1. The van der Waals surface area contributed by atoms with Gasteiger partial charge in [0.25, 0.3) is 0 Å². The average Bonchev–Trinajstić information content (AvgIpc) is 2.76. The molecule has 2 heterocycles. The van der Waals surface area contributed by atoms with Crippen molar-refractivity contribution in [2.75, 3.05) is 12.8 Å². The number of hydrogen-bond acceptors (Lipinski definition) is 5. The number of rotatable bonds is 5. The van der Waals surface area contributed by atoms with Crippen LogP contribution in [0.5, 0.6) is 0 Å². The van der Waals surface area contributed by atoms with Gasteiger partial charge in [-0.3, -0.25) is 0 Å². The number of aryl methyl sites for hydroxylation is 1. The number of anilines is 1. The Bertz CT molecular complexity index is 509. The van der Waals surface area contributed by atoms with Crippen LogP contribution in [0.15, 0.2) is 23.7 Å². The number of pyridine rings is 1. The molecule has 0 radical (unpaired) electrons. The van der Waals surface area contributed by atoms with Crippen LogP contribution in [0.4, 0.5) is 5.82 Å². The smallest absolute Gasteiger partial charge is 0.126 e. The quantitative estimate of drug-likeness (QED) is 0.862. The zero-order valence-corrected chi connectivity index (χ0v) is 11.5. The molecule has 0 aliphatic rings. The zero-order valence-electron chi connectivity index (χ0n) is 10.7. The van der Waals surface area contributed by atoms with E-state index in [9.17, 15) is 0 Å². The van der Waals surface area contributed by atoms with E-state index in [0.717, 1.165) is 29.1 Å². The highest BCUT2D eigenvalue weighted by atomic mass is 32.1. The second-order valence-corrected chi connectivity index (χ2v) is 5.27. The lowest BCUT2D eigenvalue weighted by molar-refractivity contribution is 0.555. The maximum absolute atomic E-state index is 5.87. The van der Waals surface area contributed by atoms with Crippen LogP contribution in [0.3, 0.4) is 0 Å². The van der Waals surface area contributed by atoms with Crippen molar-refractivity contribution in [1.82, 2.24) is 15.3 Å². The highest BCUT2D eigenvalue weighted by molar-refractivity contribution is 7.09. The molecule has 2 rings (SSSR count). The standard InChI is InChI=1S/C13H18N4S/c1-9-8-18-12(17-9)7-11(15-2)6-10-4-3-5-16-13(10)14/h3-5,8,11,15H,6-7H2,1-2H3,(H2,14,16). The summed E-state index contributed by atoms with van der Waals surface area (Å²) in [6, 6.07) is 4.29. The highest BCUT2D eigenvalue weighted by Gasteiger charge is 2.12. The van der Waals surface area contributed by atoms with Gasteiger partial charge in [0.05, 0.1) is 5.01 Å². The summed E-state index contributed by atoms with van der Waals surface area (Å²) in [5, 5.41) is 6.56. The molecular formula is C13H18N4S. The summed E-state index contributed by atoms with van der Waals surface area (Å²) in [5.41, 5.74) is 8.05. The Morgan fingerprint density at radius 1 is 1.44 bits per heavy atom. The number of nitrogens with zero attached hydrogens (tertiary/aromatic N) is 2. The summed E-state index contributed by atoms with van der Waals surface area (Å²) < 4.78 is 0. The number of nitrogens with one attached hydrogen (secondary N) is 1. The van der Waals surface area contributed by atoms with Gasteiger partial charge in [-0.05, 0) is 32.0 Å². The average molecular weight is 262 g/mol. The van der Waals surface area contributed by atoms with Crippen LogP contribution in [-0.4, -0.2) is 23.1 Å². The molecule has 1 unspecified atom stereocenters. The Hall–Kier alpha value is -1.46. The molecule has 0 spiro atoms. The largest absolute Gasteiger partial charge is 0.383 e. The van der Waals surface area contributed by atoms with Gasteiger partial charge in [0, 0.05) is 29.7 Å². The second kappa shape index (κ2) is 5.93. The first-order valence-corrected chi connectivity index (χ1v) is 6.84. The van der Waals surface area contributed by atoms with Gasteiger partial charge in [0.15, 0.2) is 0 Å². The van der Waals surface area contributed by atoms with Gasteiger partial charge in [-0.1, -0.05) is 6.07 Å². The fraction of sp³-hybridized carbons (Fsp3) is 0.385. The monoisotopic (exact) mass is 262 g/mol. The molecule has 0 saturated carbocycles. The Kier molecular flexibility index (Phi) is 4.28. The van der Waals surface area contributed by atoms with E-state index in [-0.39, 0.29) is 0 Å². The maximum atomic E-state index is 5.87. The van der Waals surface area contributed by atoms with E-state index in [1.54, 1.807) is 17.5 Å². The van der Waals surface area contributed by atoms with Crippen molar-refractivity contribution in [3.63, 3.8) is 0 Å². The summed E-state index contributed by atoms with van der Waals surface area (Å²) in [7, 11) is 1.97. The first kappa shape index (κ1) is 13.0. The predicted molar refractivity (Wildman–Crippen MR) is 75.8 cm³/mol. The van der Waals surface area contributed by atoms with Crippen molar-refractivity contribution in [3.05, 3.63) is 40.0 Å². The highest BCUT2D eigenvalue weighted by Crippen LogP contribution is 2.15. The number of nitrogens with two attached hydrogens (primary N) is 1. The van der Waals surface area contributed by atoms with E-state index < -0.39 is 0 Å². The summed E-state index contributed by atoms with van der Waals surface area (Å²) in [4.78, 5) is 8.61. The fourth-order valence-electron chi connectivity index (χ4n) is 1.87. The molecule has 0 bridgehead atoms. The first-order valence-electron chi connectivity index (χ1n) is 5.96. The Balaban J connectivity index is 2.04. The van der Waals surface area contributed by atoms with Crippen molar-refractivity contribution in [2.45, 2.75) is 25.8 Å². The molecular weight excluding hydrogens is 244 g/mol. The minimum absolute atomic E-state index is 0.335. The Morgan fingerprint density at radius 2 is 2.28 bits per heavy atom. The van der Waals surface area contributed by atoms with E-state index in [0.29, 0.717) is 11.9 Å². The molecule has 0 aliphatic heterocycles. The van der Waals surface area contributed by atoms with Crippen LogP contribution in [0.25, 0.3) is 0 Å². The fourth-order valence-corrected chi connectivity index (χ4v) is 2.73. The third-order valence-corrected chi connectivity index (χ3v) is 3.88. The lowest BCUT2D eigenvalue weighted by Crippen LogP contribution is -2.30. The summed E-state index contributed by atoms with van der Waals surface area (Å²) >= 11 is 1.71. The predicted octanol–water partition coefficient (Wildman–Crippen LogP) is 1.80. The summed E-state index contributed by atoms with van der Waals surface area (Å²) in [6.45, 7) is 2.02. The number of nitrogen functional groups attached to an aromatic ring is 1. The SMILES string of the molecule is CNC(Cc1nc(C)cs1)Cc1cccnc1N.